The van der Waals surface area contributed by atoms with Gasteiger partial charge in [0.15, 0.2) is 17.3 Å². The van der Waals surface area contributed by atoms with Gasteiger partial charge < -0.3 is 15.4 Å². The number of para-hydroxylation sites is 1. The Morgan fingerprint density at radius 3 is 2.83 bits per heavy atom. The van der Waals surface area contributed by atoms with Gasteiger partial charge in [0.25, 0.3) is 0 Å². The summed E-state index contributed by atoms with van der Waals surface area (Å²) in [5.74, 6) is 3.01. The quantitative estimate of drug-likeness (QED) is 0.571. The van der Waals surface area contributed by atoms with E-state index in [9.17, 15) is 0 Å². The van der Waals surface area contributed by atoms with Crippen LogP contribution < -0.4 is 15.4 Å². The maximum atomic E-state index is 6.20. The number of piperidine rings is 1. The van der Waals surface area contributed by atoms with E-state index in [-0.39, 0.29) is 5.92 Å². The molecule has 29 heavy (non-hydrogen) atoms. The molecule has 5 rings (SSSR count). The maximum Gasteiger partial charge on any atom is 0.223 e. The van der Waals surface area contributed by atoms with Crippen molar-refractivity contribution in [1.29, 1.82) is 0 Å². The SMILES string of the molecule is COc1cccc2c1nc(N)n1nc([C@@H]3CCCN(c4cc(C)n(C)n4)C3)nc21. The molecular formula is C20H24N8O. The average molecular weight is 392 g/mol. The van der Waals surface area contributed by atoms with E-state index in [1.165, 1.54) is 0 Å². The van der Waals surface area contributed by atoms with Crippen molar-refractivity contribution < 1.29 is 4.74 Å². The van der Waals surface area contributed by atoms with Crippen molar-refractivity contribution in [1.82, 2.24) is 29.4 Å². The van der Waals surface area contributed by atoms with Crippen LogP contribution in [0.15, 0.2) is 24.3 Å². The molecule has 4 heterocycles. The summed E-state index contributed by atoms with van der Waals surface area (Å²) in [4.78, 5) is 11.7. The number of rotatable bonds is 3. The van der Waals surface area contributed by atoms with Crippen LogP contribution in [0.5, 0.6) is 5.75 Å². The molecule has 1 aromatic carbocycles. The summed E-state index contributed by atoms with van der Waals surface area (Å²) >= 11 is 0. The predicted octanol–water partition coefficient (Wildman–Crippen LogP) is 2.29. The first-order valence-electron chi connectivity index (χ1n) is 9.79. The lowest BCUT2D eigenvalue weighted by Gasteiger charge is -2.31. The molecule has 9 nitrogen and oxygen atoms in total. The molecule has 0 spiro atoms. The number of nitrogens with two attached hydrogens (primary N) is 1. The van der Waals surface area contributed by atoms with Gasteiger partial charge in [-0.2, -0.15) is 9.61 Å². The number of fused-ring (bicyclic) bond motifs is 3. The van der Waals surface area contributed by atoms with E-state index in [0.717, 1.165) is 48.7 Å². The van der Waals surface area contributed by atoms with Gasteiger partial charge >= 0.3 is 0 Å². The smallest absolute Gasteiger partial charge is 0.223 e. The first kappa shape index (κ1) is 17.7. The number of methoxy groups -OCH3 is 1. The van der Waals surface area contributed by atoms with E-state index in [0.29, 0.717) is 22.9 Å². The number of anilines is 2. The number of nitrogen functional groups attached to an aromatic ring is 1. The molecule has 0 radical (unpaired) electrons. The third-order valence-corrected chi connectivity index (χ3v) is 5.74. The highest BCUT2D eigenvalue weighted by atomic mass is 16.5. The Labute approximate surface area is 168 Å². The lowest BCUT2D eigenvalue weighted by Crippen LogP contribution is -2.35. The van der Waals surface area contributed by atoms with E-state index in [4.69, 9.17) is 20.6 Å². The molecule has 0 aliphatic carbocycles. The number of hydrogen-bond donors (Lipinski definition) is 1. The molecular weight excluding hydrogens is 368 g/mol. The highest BCUT2D eigenvalue weighted by Crippen LogP contribution is 2.31. The van der Waals surface area contributed by atoms with E-state index >= 15 is 0 Å². The van der Waals surface area contributed by atoms with Crippen molar-refractivity contribution in [2.45, 2.75) is 25.7 Å². The van der Waals surface area contributed by atoms with Crippen LogP contribution in [-0.2, 0) is 7.05 Å². The first-order valence-corrected chi connectivity index (χ1v) is 9.79. The van der Waals surface area contributed by atoms with E-state index < -0.39 is 0 Å². The number of hydrogen-bond acceptors (Lipinski definition) is 7. The number of ether oxygens (including phenoxy) is 1. The number of benzene rings is 1. The van der Waals surface area contributed by atoms with Gasteiger partial charge in [-0.1, -0.05) is 6.07 Å². The second kappa shape index (κ2) is 6.61. The zero-order valence-corrected chi connectivity index (χ0v) is 16.8. The average Bonchev–Trinajstić information content (AvgIpc) is 3.33. The summed E-state index contributed by atoms with van der Waals surface area (Å²) < 4.78 is 8.99. The molecule has 0 bridgehead atoms. The Balaban J connectivity index is 1.54. The lowest BCUT2D eigenvalue weighted by atomic mass is 9.97. The molecule has 1 fully saturated rings. The molecule has 3 aromatic heterocycles. The van der Waals surface area contributed by atoms with Gasteiger partial charge in [-0.15, -0.1) is 5.10 Å². The fraction of sp³-hybridized carbons (Fsp3) is 0.400. The maximum absolute atomic E-state index is 6.20. The summed E-state index contributed by atoms with van der Waals surface area (Å²) in [5, 5.41) is 10.2. The number of aryl methyl sites for hydroxylation is 2. The molecule has 1 aliphatic rings. The Kier molecular flexibility index (Phi) is 4.04. The highest BCUT2D eigenvalue weighted by molar-refractivity contribution is 5.95. The van der Waals surface area contributed by atoms with Crippen LogP contribution in [0.1, 0.15) is 30.3 Å². The minimum absolute atomic E-state index is 0.214. The second-order valence-corrected chi connectivity index (χ2v) is 7.58. The van der Waals surface area contributed by atoms with E-state index in [1.807, 2.05) is 29.9 Å². The van der Waals surface area contributed by atoms with Gasteiger partial charge in [0.1, 0.15) is 11.3 Å². The fourth-order valence-corrected chi connectivity index (χ4v) is 4.07. The van der Waals surface area contributed by atoms with Crippen molar-refractivity contribution in [2.24, 2.45) is 7.05 Å². The van der Waals surface area contributed by atoms with Crippen LogP contribution in [0.4, 0.5) is 11.8 Å². The van der Waals surface area contributed by atoms with Crippen LogP contribution in [0, 0.1) is 6.92 Å². The topological polar surface area (TPSA) is 99.4 Å². The zero-order valence-electron chi connectivity index (χ0n) is 16.8. The second-order valence-electron chi connectivity index (χ2n) is 7.58. The molecule has 2 N–H and O–H groups in total. The van der Waals surface area contributed by atoms with Gasteiger partial charge in [-0.25, -0.2) is 9.97 Å². The third-order valence-electron chi connectivity index (χ3n) is 5.74. The largest absolute Gasteiger partial charge is 0.494 e. The molecule has 1 atom stereocenters. The Hall–Kier alpha value is -3.36. The van der Waals surface area contributed by atoms with Crippen molar-refractivity contribution in [3.63, 3.8) is 0 Å². The molecule has 1 aliphatic heterocycles. The molecule has 0 unspecified atom stereocenters. The summed E-state index contributed by atoms with van der Waals surface area (Å²) in [6.45, 7) is 3.89. The van der Waals surface area contributed by atoms with Crippen LogP contribution >= 0.6 is 0 Å². The molecule has 4 aromatic rings. The van der Waals surface area contributed by atoms with Gasteiger partial charge in [-0.05, 0) is 31.9 Å². The molecule has 0 amide bonds. The summed E-state index contributed by atoms with van der Waals surface area (Å²) in [7, 11) is 3.60. The van der Waals surface area contributed by atoms with Crippen molar-refractivity contribution >= 4 is 28.3 Å². The lowest BCUT2D eigenvalue weighted by molar-refractivity contribution is 0.419. The number of aromatic nitrogens is 6. The van der Waals surface area contributed by atoms with Crippen LogP contribution in [0.3, 0.4) is 0 Å². The first-order chi connectivity index (χ1) is 14.0. The number of nitrogens with zero attached hydrogens (tertiary/aromatic N) is 7. The predicted molar refractivity (Wildman–Crippen MR) is 111 cm³/mol. The van der Waals surface area contributed by atoms with Crippen LogP contribution in [0.2, 0.25) is 0 Å². The van der Waals surface area contributed by atoms with E-state index in [2.05, 4.69) is 28.0 Å². The summed E-state index contributed by atoms with van der Waals surface area (Å²) in [6, 6.07) is 7.90. The molecule has 0 saturated carbocycles. The minimum Gasteiger partial charge on any atom is -0.494 e. The summed E-state index contributed by atoms with van der Waals surface area (Å²) in [5.41, 5.74) is 8.76. The summed E-state index contributed by atoms with van der Waals surface area (Å²) in [6.07, 6.45) is 2.10. The van der Waals surface area contributed by atoms with Crippen molar-refractivity contribution in [3.8, 4) is 5.75 Å². The standard InChI is InChI=1S/C20H24N8O/c1-12-10-16(24-26(12)2)27-9-5-6-13(11-27)18-23-19-14-7-4-8-15(29-3)17(14)22-20(21)28(19)25-18/h4,7-8,10,13H,5-6,9,11H2,1-3H3,(H2,21,22)/t13-/m1/s1. The Bertz CT molecular complexity index is 1190. The van der Waals surface area contributed by atoms with E-state index in [1.54, 1.807) is 11.6 Å². The Morgan fingerprint density at radius 1 is 1.21 bits per heavy atom. The van der Waals surface area contributed by atoms with Crippen LogP contribution in [-0.4, -0.2) is 49.6 Å². The monoisotopic (exact) mass is 392 g/mol. The fourth-order valence-electron chi connectivity index (χ4n) is 4.07. The minimum atomic E-state index is 0.214. The van der Waals surface area contributed by atoms with Crippen molar-refractivity contribution in [2.75, 3.05) is 30.8 Å². The van der Waals surface area contributed by atoms with Gasteiger partial charge in [0.2, 0.25) is 5.95 Å². The van der Waals surface area contributed by atoms with Crippen LogP contribution in [0.25, 0.3) is 16.6 Å². The molecule has 1 saturated heterocycles. The molecule has 150 valence electrons. The highest BCUT2D eigenvalue weighted by Gasteiger charge is 2.27. The van der Waals surface area contributed by atoms with Gasteiger partial charge in [0.05, 0.1) is 7.11 Å². The van der Waals surface area contributed by atoms with Gasteiger partial charge in [0, 0.05) is 43.2 Å². The third kappa shape index (κ3) is 2.84. The normalized spacial score (nSPS) is 17.3. The zero-order chi connectivity index (χ0) is 20.1. The van der Waals surface area contributed by atoms with Crippen molar-refractivity contribution in [3.05, 3.63) is 35.8 Å². The van der Waals surface area contributed by atoms with Gasteiger partial charge in [-0.3, -0.25) is 4.68 Å². The Morgan fingerprint density at radius 2 is 2.07 bits per heavy atom. The molecule has 9 heteroatoms.